The second-order valence-electron chi connectivity index (χ2n) is 5.05. The van der Waals surface area contributed by atoms with Gasteiger partial charge in [0.25, 0.3) is 0 Å². The number of benzene rings is 1. The summed E-state index contributed by atoms with van der Waals surface area (Å²) in [5, 5.41) is 3.33. The van der Waals surface area contributed by atoms with Crippen LogP contribution in [0.4, 0.5) is 8.78 Å². The van der Waals surface area contributed by atoms with Crippen LogP contribution in [0.15, 0.2) is 18.2 Å². The summed E-state index contributed by atoms with van der Waals surface area (Å²) in [7, 11) is 0. The van der Waals surface area contributed by atoms with Crippen molar-refractivity contribution in [1.82, 2.24) is 5.32 Å². The van der Waals surface area contributed by atoms with Crippen LogP contribution in [-0.2, 0) is 6.42 Å². The van der Waals surface area contributed by atoms with Crippen LogP contribution in [0.25, 0.3) is 0 Å². The molecule has 0 spiro atoms. The first-order valence-corrected chi connectivity index (χ1v) is 6.30. The maximum absolute atomic E-state index is 13.6. The zero-order valence-corrected chi connectivity index (χ0v) is 10.2. The maximum Gasteiger partial charge on any atom is 0.126 e. The Kier molecular flexibility index (Phi) is 3.77. The highest BCUT2D eigenvalue weighted by Gasteiger charge is 2.37. The van der Waals surface area contributed by atoms with Crippen molar-refractivity contribution in [3.8, 4) is 0 Å². The highest BCUT2D eigenvalue weighted by atomic mass is 19.1. The van der Waals surface area contributed by atoms with Crippen molar-refractivity contribution < 1.29 is 8.78 Å². The molecule has 1 N–H and O–H groups in total. The van der Waals surface area contributed by atoms with Crippen LogP contribution in [0.2, 0.25) is 0 Å². The van der Waals surface area contributed by atoms with E-state index in [9.17, 15) is 8.78 Å². The van der Waals surface area contributed by atoms with E-state index in [-0.39, 0.29) is 17.0 Å². The molecule has 1 aliphatic rings. The van der Waals surface area contributed by atoms with E-state index in [0.29, 0.717) is 12.0 Å². The first-order chi connectivity index (χ1) is 8.15. The van der Waals surface area contributed by atoms with Gasteiger partial charge in [0.1, 0.15) is 11.6 Å². The molecule has 1 saturated carbocycles. The van der Waals surface area contributed by atoms with E-state index in [4.69, 9.17) is 0 Å². The minimum Gasteiger partial charge on any atom is -0.316 e. The van der Waals surface area contributed by atoms with E-state index < -0.39 is 0 Å². The van der Waals surface area contributed by atoms with E-state index in [1.165, 1.54) is 24.6 Å². The molecule has 0 aromatic heterocycles. The lowest BCUT2D eigenvalue weighted by Gasteiger charge is -2.42. The van der Waals surface area contributed by atoms with Crippen molar-refractivity contribution in [2.75, 3.05) is 13.1 Å². The predicted molar refractivity (Wildman–Crippen MR) is 64.9 cm³/mol. The zero-order chi connectivity index (χ0) is 12.3. The molecule has 0 bridgehead atoms. The number of nitrogens with one attached hydrogen (secondary N) is 1. The van der Waals surface area contributed by atoms with Crippen LogP contribution in [0.1, 0.15) is 31.7 Å². The third-order valence-corrected chi connectivity index (χ3v) is 3.74. The van der Waals surface area contributed by atoms with Crippen LogP contribution < -0.4 is 5.32 Å². The molecule has 1 nitrogen and oxygen atoms in total. The molecule has 94 valence electrons. The van der Waals surface area contributed by atoms with Crippen molar-refractivity contribution in [3.63, 3.8) is 0 Å². The van der Waals surface area contributed by atoms with E-state index in [1.54, 1.807) is 0 Å². The fourth-order valence-corrected chi connectivity index (χ4v) is 2.57. The Balaban J connectivity index is 2.09. The van der Waals surface area contributed by atoms with Crippen molar-refractivity contribution >= 4 is 0 Å². The molecule has 0 saturated heterocycles. The van der Waals surface area contributed by atoms with Gasteiger partial charge in [0, 0.05) is 6.54 Å². The molecule has 1 aromatic rings. The molecule has 2 rings (SSSR count). The summed E-state index contributed by atoms with van der Waals surface area (Å²) >= 11 is 0. The lowest BCUT2D eigenvalue weighted by Crippen LogP contribution is -2.41. The Morgan fingerprint density at radius 3 is 2.65 bits per heavy atom. The Hall–Kier alpha value is -0.960. The van der Waals surface area contributed by atoms with Gasteiger partial charge in [0.15, 0.2) is 0 Å². The fourth-order valence-electron chi connectivity index (χ4n) is 2.57. The molecule has 1 aromatic carbocycles. The third-order valence-electron chi connectivity index (χ3n) is 3.74. The van der Waals surface area contributed by atoms with Gasteiger partial charge in [-0.05, 0) is 55.0 Å². The molecule has 0 heterocycles. The Bertz CT molecular complexity index is 386. The fraction of sp³-hybridized carbons (Fsp3) is 0.571. The molecular formula is C14H19F2N. The Morgan fingerprint density at radius 2 is 2.06 bits per heavy atom. The minimum absolute atomic E-state index is 0.143. The van der Waals surface area contributed by atoms with Gasteiger partial charge in [-0.2, -0.15) is 0 Å². The van der Waals surface area contributed by atoms with Crippen molar-refractivity contribution in [3.05, 3.63) is 35.4 Å². The maximum atomic E-state index is 13.6. The molecule has 1 fully saturated rings. The summed E-state index contributed by atoms with van der Waals surface area (Å²) in [4.78, 5) is 0. The first kappa shape index (κ1) is 12.5. The van der Waals surface area contributed by atoms with Gasteiger partial charge in [-0.3, -0.25) is 0 Å². The van der Waals surface area contributed by atoms with E-state index in [0.717, 1.165) is 25.9 Å². The van der Waals surface area contributed by atoms with Crippen LogP contribution in [0.5, 0.6) is 0 Å². The number of halogens is 2. The van der Waals surface area contributed by atoms with Gasteiger partial charge in [0.2, 0.25) is 0 Å². The standard InChI is InChI=1S/C14H19F2N/c1-2-17-10-14(6-3-7-14)9-11-8-12(15)4-5-13(11)16/h4-5,8,17H,2-3,6-7,9-10H2,1H3. The van der Waals surface area contributed by atoms with Crippen LogP contribution in [0, 0.1) is 17.0 Å². The van der Waals surface area contributed by atoms with Crippen molar-refractivity contribution in [2.24, 2.45) is 5.41 Å². The molecule has 3 heteroatoms. The predicted octanol–water partition coefficient (Wildman–Crippen LogP) is 3.29. The monoisotopic (exact) mass is 239 g/mol. The highest BCUT2D eigenvalue weighted by Crippen LogP contribution is 2.43. The molecule has 0 aliphatic heterocycles. The van der Waals surface area contributed by atoms with Gasteiger partial charge in [-0.25, -0.2) is 8.78 Å². The second-order valence-corrected chi connectivity index (χ2v) is 5.05. The third kappa shape index (κ3) is 2.83. The average molecular weight is 239 g/mol. The number of hydrogen-bond acceptors (Lipinski definition) is 1. The highest BCUT2D eigenvalue weighted by molar-refractivity contribution is 5.21. The summed E-state index contributed by atoms with van der Waals surface area (Å²) in [6.07, 6.45) is 4.05. The lowest BCUT2D eigenvalue weighted by molar-refractivity contribution is 0.129. The smallest absolute Gasteiger partial charge is 0.126 e. The van der Waals surface area contributed by atoms with Gasteiger partial charge in [-0.15, -0.1) is 0 Å². The summed E-state index contributed by atoms with van der Waals surface area (Å²) < 4.78 is 26.7. The zero-order valence-electron chi connectivity index (χ0n) is 10.2. The van der Waals surface area contributed by atoms with Gasteiger partial charge >= 0.3 is 0 Å². The molecule has 0 amide bonds. The first-order valence-electron chi connectivity index (χ1n) is 6.30. The molecule has 0 atom stereocenters. The quantitative estimate of drug-likeness (QED) is 0.831. The normalized spacial score (nSPS) is 17.8. The van der Waals surface area contributed by atoms with Gasteiger partial charge in [0.05, 0.1) is 0 Å². The van der Waals surface area contributed by atoms with Gasteiger partial charge in [-0.1, -0.05) is 13.3 Å². The van der Waals surface area contributed by atoms with Gasteiger partial charge < -0.3 is 5.32 Å². The topological polar surface area (TPSA) is 12.0 Å². The van der Waals surface area contributed by atoms with Crippen LogP contribution >= 0.6 is 0 Å². The lowest BCUT2D eigenvalue weighted by atomic mass is 9.65. The SMILES string of the molecule is CCNCC1(Cc2cc(F)ccc2F)CCC1. The number of hydrogen-bond donors (Lipinski definition) is 1. The molecule has 1 aliphatic carbocycles. The van der Waals surface area contributed by atoms with Crippen molar-refractivity contribution in [1.29, 1.82) is 0 Å². The Labute approximate surface area is 101 Å². The largest absolute Gasteiger partial charge is 0.316 e. The molecule has 0 unspecified atom stereocenters. The van der Waals surface area contributed by atoms with Crippen LogP contribution in [0.3, 0.4) is 0 Å². The van der Waals surface area contributed by atoms with E-state index in [1.807, 2.05) is 0 Å². The number of rotatable bonds is 5. The molecule has 0 radical (unpaired) electrons. The minimum atomic E-state index is -0.348. The molecule has 17 heavy (non-hydrogen) atoms. The summed E-state index contributed by atoms with van der Waals surface area (Å²) in [5.74, 6) is -0.631. The summed E-state index contributed by atoms with van der Waals surface area (Å²) in [5.41, 5.74) is 0.660. The summed E-state index contributed by atoms with van der Waals surface area (Å²) in [6.45, 7) is 3.89. The van der Waals surface area contributed by atoms with E-state index in [2.05, 4.69) is 12.2 Å². The Morgan fingerprint density at radius 1 is 1.29 bits per heavy atom. The van der Waals surface area contributed by atoms with Crippen molar-refractivity contribution in [2.45, 2.75) is 32.6 Å². The van der Waals surface area contributed by atoms with E-state index >= 15 is 0 Å². The molecular weight excluding hydrogens is 220 g/mol. The summed E-state index contributed by atoms with van der Waals surface area (Å²) in [6, 6.07) is 3.74. The van der Waals surface area contributed by atoms with Crippen LogP contribution in [-0.4, -0.2) is 13.1 Å². The average Bonchev–Trinajstić information content (AvgIpc) is 2.26. The second kappa shape index (κ2) is 5.13.